The van der Waals surface area contributed by atoms with Crippen molar-refractivity contribution in [2.45, 2.75) is 25.8 Å². The molecule has 0 fully saturated rings. The van der Waals surface area contributed by atoms with E-state index in [0.717, 1.165) is 24.1 Å². The zero-order valence-corrected chi connectivity index (χ0v) is 13.8. The van der Waals surface area contributed by atoms with Crippen molar-refractivity contribution in [1.29, 1.82) is 0 Å². The molecule has 3 rings (SSSR count). The van der Waals surface area contributed by atoms with Crippen LogP contribution in [0.3, 0.4) is 0 Å². The van der Waals surface area contributed by atoms with Gasteiger partial charge in [0, 0.05) is 29.8 Å². The van der Waals surface area contributed by atoms with Crippen LogP contribution < -0.4 is 10.6 Å². The number of rotatable bonds is 6. The summed E-state index contributed by atoms with van der Waals surface area (Å²) in [6.07, 6.45) is 5.60. The van der Waals surface area contributed by atoms with Gasteiger partial charge in [-0.15, -0.1) is 0 Å². The fourth-order valence-electron chi connectivity index (χ4n) is 2.77. The minimum atomic E-state index is -0.160. The maximum absolute atomic E-state index is 11.9. The molecule has 2 amide bonds. The lowest BCUT2D eigenvalue weighted by Gasteiger charge is -2.14. The lowest BCUT2D eigenvalue weighted by Crippen LogP contribution is -2.37. The molecule has 1 aromatic carbocycles. The number of aromatic amines is 1. The predicted octanol–water partition coefficient (Wildman–Crippen LogP) is 3.56. The first-order valence-electron chi connectivity index (χ1n) is 8.24. The summed E-state index contributed by atoms with van der Waals surface area (Å²) >= 11 is 0. The first-order valence-corrected chi connectivity index (χ1v) is 8.24. The van der Waals surface area contributed by atoms with Crippen LogP contribution in [0.2, 0.25) is 0 Å². The van der Waals surface area contributed by atoms with Crippen molar-refractivity contribution in [3.8, 4) is 0 Å². The molecule has 0 unspecified atom stereocenters. The molecule has 3 aromatic rings. The number of para-hydroxylation sites is 1. The van der Waals surface area contributed by atoms with Gasteiger partial charge in [0.05, 0.1) is 11.7 Å². The van der Waals surface area contributed by atoms with E-state index in [9.17, 15) is 4.79 Å². The van der Waals surface area contributed by atoms with Crippen LogP contribution in [-0.2, 0) is 6.42 Å². The molecule has 3 N–H and O–H groups in total. The second-order valence-electron chi connectivity index (χ2n) is 5.84. The normalized spacial score (nSPS) is 12.0. The van der Waals surface area contributed by atoms with Gasteiger partial charge in [-0.05, 0) is 43.5 Å². The third-order valence-electron chi connectivity index (χ3n) is 4.06. The lowest BCUT2D eigenvalue weighted by atomic mass is 10.1. The SMILES string of the molecule is C[C@@H](NC(=O)NCCCc1c[nH]c2ccccc12)c1ccccn1. The topological polar surface area (TPSA) is 69.8 Å². The molecule has 0 aliphatic rings. The number of amides is 2. The number of carbonyl (C=O) groups is 1. The first-order chi connectivity index (χ1) is 11.7. The summed E-state index contributed by atoms with van der Waals surface area (Å²) in [5.41, 5.74) is 3.29. The van der Waals surface area contributed by atoms with E-state index in [1.165, 1.54) is 10.9 Å². The maximum Gasteiger partial charge on any atom is 0.315 e. The van der Waals surface area contributed by atoms with Gasteiger partial charge in [-0.25, -0.2) is 4.79 Å². The Morgan fingerprint density at radius 1 is 1.21 bits per heavy atom. The van der Waals surface area contributed by atoms with Gasteiger partial charge in [-0.2, -0.15) is 0 Å². The van der Waals surface area contributed by atoms with Gasteiger partial charge in [0.1, 0.15) is 0 Å². The van der Waals surface area contributed by atoms with Crippen LogP contribution in [0.5, 0.6) is 0 Å². The van der Waals surface area contributed by atoms with E-state index in [4.69, 9.17) is 0 Å². The van der Waals surface area contributed by atoms with Crippen LogP contribution in [0.1, 0.15) is 30.6 Å². The number of carbonyl (C=O) groups excluding carboxylic acids is 1. The van der Waals surface area contributed by atoms with Crippen LogP contribution in [0.4, 0.5) is 4.79 Å². The molecule has 124 valence electrons. The summed E-state index contributed by atoms with van der Waals surface area (Å²) in [5.74, 6) is 0. The molecule has 5 nitrogen and oxygen atoms in total. The molecule has 2 heterocycles. The molecule has 1 atom stereocenters. The fraction of sp³-hybridized carbons (Fsp3) is 0.263. The van der Waals surface area contributed by atoms with Crippen molar-refractivity contribution in [3.05, 3.63) is 66.1 Å². The number of fused-ring (bicyclic) bond motifs is 1. The summed E-state index contributed by atoms with van der Waals surface area (Å²) in [6.45, 7) is 2.56. The number of nitrogens with one attached hydrogen (secondary N) is 3. The van der Waals surface area contributed by atoms with Crippen molar-refractivity contribution in [1.82, 2.24) is 20.6 Å². The third-order valence-corrected chi connectivity index (χ3v) is 4.06. The summed E-state index contributed by atoms with van der Waals surface area (Å²) in [7, 11) is 0. The van der Waals surface area contributed by atoms with E-state index in [1.807, 2.05) is 43.5 Å². The first kappa shape index (κ1) is 16.1. The molecule has 0 saturated heterocycles. The van der Waals surface area contributed by atoms with E-state index in [-0.39, 0.29) is 12.1 Å². The Morgan fingerprint density at radius 2 is 2.04 bits per heavy atom. The van der Waals surface area contributed by atoms with Gasteiger partial charge in [0.25, 0.3) is 0 Å². The second-order valence-corrected chi connectivity index (χ2v) is 5.84. The largest absolute Gasteiger partial charge is 0.361 e. The highest BCUT2D eigenvalue weighted by Crippen LogP contribution is 2.18. The van der Waals surface area contributed by atoms with Gasteiger partial charge in [0.2, 0.25) is 0 Å². The molecule has 0 radical (unpaired) electrons. The standard InChI is InChI=1S/C19H22N4O/c1-14(17-9-4-5-11-20-17)23-19(24)21-12-6-7-15-13-22-18-10-3-2-8-16(15)18/h2-5,8-11,13-14,22H,6-7,12H2,1H3,(H2,21,23,24)/t14-/m1/s1. The van der Waals surface area contributed by atoms with Crippen LogP contribution >= 0.6 is 0 Å². The molecule has 0 bridgehead atoms. The maximum atomic E-state index is 11.9. The number of aromatic nitrogens is 2. The average molecular weight is 322 g/mol. The summed E-state index contributed by atoms with van der Waals surface area (Å²) in [4.78, 5) is 19.5. The number of nitrogens with zero attached hydrogens (tertiary/aromatic N) is 1. The molecule has 0 spiro atoms. The number of aryl methyl sites for hydroxylation is 1. The van der Waals surface area contributed by atoms with Crippen molar-refractivity contribution in [2.24, 2.45) is 0 Å². The molecule has 2 aromatic heterocycles. The van der Waals surface area contributed by atoms with Gasteiger partial charge in [0.15, 0.2) is 0 Å². The predicted molar refractivity (Wildman–Crippen MR) is 95.8 cm³/mol. The minimum absolute atomic E-state index is 0.111. The molecule has 5 heteroatoms. The van der Waals surface area contributed by atoms with Crippen LogP contribution in [0.15, 0.2) is 54.9 Å². The summed E-state index contributed by atoms with van der Waals surface area (Å²) < 4.78 is 0. The number of pyridine rings is 1. The Bertz CT molecular complexity index is 797. The Balaban J connectivity index is 1.42. The number of urea groups is 1. The monoisotopic (exact) mass is 322 g/mol. The van der Waals surface area contributed by atoms with E-state index >= 15 is 0 Å². The number of H-pyrrole nitrogens is 1. The Morgan fingerprint density at radius 3 is 2.88 bits per heavy atom. The fourth-order valence-corrected chi connectivity index (χ4v) is 2.77. The van der Waals surface area contributed by atoms with Crippen molar-refractivity contribution < 1.29 is 4.79 Å². The minimum Gasteiger partial charge on any atom is -0.361 e. The zero-order valence-electron chi connectivity index (χ0n) is 13.8. The molecule has 24 heavy (non-hydrogen) atoms. The zero-order chi connectivity index (χ0) is 16.8. The lowest BCUT2D eigenvalue weighted by molar-refractivity contribution is 0.237. The molecular weight excluding hydrogens is 300 g/mol. The van der Waals surface area contributed by atoms with Crippen LogP contribution in [0, 0.1) is 0 Å². The average Bonchev–Trinajstić information content (AvgIpc) is 3.03. The van der Waals surface area contributed by atoms with E-state index in [1.54, 1.807) is 6.20 Å². The Hall–Kier alpha value is -2.82. The highest BCUT2D eigenvalue weighted by atomic mass is 16.2. The number of benzene rings is 1. The van der Waals surface area contributed by atoms with E-state index in [2.05, 4.69) is 32.7 Å². The van der Waals surface area contributed by atoms with E-state index in [0.29, 0.717) is 6.54 Å². The molecule has 0 aliphatic heterocycles. The highest BCUT2D eigenvalue weighted by molar-refractivity contribution is 5.83. The Labute approximate surface area is 141 Å². The third kappa shape index (κ3) is 3.93. The van der Waals surface area contributed by atoms with Crippen molar-refractivity contribution >= 4 is 16.9 Å². The molecule has 0 aliphatic carbocycles. The van der Waals surface area contributed by atoms with Crippen LogP contribution in [-0.4, -0.2) is 22.5 Å². The quantitative estimate of drug-likeness (QED) is 0.607. The van der Waals surface area contributed by atoms with Gasteiger partial charge in [-0.3, -0.25) is 4.98 Å². The van der Waals surface area contributed by atoms with Crippen LogP contribution in [0.25, 0.3) is 10.9 Å². The van der Waals surface area contributed by atoms with Crippen molar-refractivity contribution in [3.63, 3.8) is 0 Å². The molecule has 0 saturated carbocycles. The smallest absolute Gasteiger partial charge is 0.315 e. The van der Waals surface area contributed by atoms with Crippen molar-refractivity contribution in [2.75, 3.05) is 6.54 Å². The highest BCUT2D eigenvalue weighted by Gasteiger charge is 2.09. The summed E-state index contributed by atoms with van der Waals surface area (Å²) in [5, 5.41) is 7.06. The van der Waals surface area contributed by atoms with Gasteiger partial charge in [-0.1, -0.05) is 24.3 Å². The number of hydrogen-bond donors (Lipinski definition) is 3. The Kier molecular flexibility index (Phi) is 5.11. The number of hydrogen-bond acceptors (Lipinski definition) is 2. The van der Waals surface area contributed by atoms with E-state index < -0.39 is 0 Å². The summed E-state index contributed by atoms with van der Waals surface area (Å²) in [6, 6.07) is 13.7. The molecular formula is C19H22N4O. The second kappa shape index (κ2) is 7.64. The van der Waals surface area contributed by atoms with Gasteiger partial charge < -0.3 is 15.6 Å². The van der Waals surface area contributed by atoms with Gasteiger partial charge >= 0.3 is 6.03 Å².